The summed E-state index contributed by atoms with van der Waals surface area (Å²) in [5.74, 6) is -2.10. The predicted octanol–water partition coefficient (Wildman–Crippen LogP) is 4.16. The smallest absolute Gasteiger partial charge is 0.249 e. The Kier molecular flexibility index (Phi) is 8.43. The van der Waals surface area contributed by atoms with E-state index in [9.17, 15) is 19.5 Å². The summed E-state index contributed by atoms with van der Waals surface area (Å²) < 4.78 is 12.6. The molecule has 1 unspecified atom stereocenters. The van der Waals surface area contributed by atoms with Gasteiger partial charge >= 0.3 is 0 Å². The number of nitrogens with zero attached hydrogens (tertiary/aromatic N) is 3. The van der Waals surface area contributed by atoms with Gasteiger partial charge in [0.2, 0.25) is 17.7 Å². The van der Waals surface area contributed by atoms with Crippen LogP contribution in [-0.4, -0.2) is 82.2 Å². The van der Waals surface area contributed by atoms with Gasteiger partial charge in [-0.2, -0.15) is 0 Å². The molecule has 4 aliphatic heterocycles. The van der Waals surface area contributed by atoms with Crippen LogP contribution in [0.1, 0.15) is 25.0 Å². The third-order valence-corrected chi connectivity index (χ3v) is 10.2. The quantitative estimate of drug-likeness (QED) is 0.351. The summed E-state index contributed by atoms with van der Waals surface area (Å²) in [6.45, 7) is 4.89. The van der Waals surface area contributed by atoms with Crippen LogP contribution in [0.15, 0.2) is 109 Å². The molecule has 9 nitrogen and oxygen atoms in total. The van der Waals surface area contributed by atoms with Crippen molar-refractivity contribution >= 4 is 23.4 Å². The molecule has 0 aromatic heterocycles. The van der Waals surface area contributed by atoms with Crippen LogP contribution in [-0.2, 0) is 32.1 Å². The summed E-state index contributed by atoms with van der Waals surface area (Å²) >= 11 is 0. The van der Waals surface area contributed by atoms with Gasteiger partial charge < -0.3 is 29.3 Å². The highest BCUT2D eigenvalue weighted by Crippen LogP contribution is 2.58. The van der Waals surface area contributed by atoms with Crippen LogP contribution in [0.3, 0.4) is 0 Å². The standard InChI is InChI=1S/C39H41N3O6/c1-3-47-31-18-16-29(17-19-31)41-23-10-20-38(2)32(35(41)44)33-36(45)42(30(26-43)24-27-12-6-4-7-13-27)34-37(46)40(22-11-21-39(33,34)48-38)25-28-14-8-5-9-15-28/h4-21,30,32-34,43H,3,22-26H2,1-2H3/t30-,32-,33+,34?,38+,39+/m1/s1. The molecule has 0 saturated carbocycles. The first kappa shape index (κ1) is 31.8. The van der Waals surface area contributed by atoms with Crippen molar-refractivity contribution in [2.75, 3.05) is 31.2 Å². The Labute approximate surface area is 281 Å². The number of carbonyl (C=O) groups is 3. The SMILES string of the molecule is CCOc1ccc(N2CC=C[C@]3(C)O[C@]45C=CCN(Cc6ccccc6)C(=O)C4N([C@@H](CO)Cc4ccccc4)C(=O)[C@@H]5[C@@H]3C2=O)cc1. The number of aliphatic hydroxyl groups is 1. The molecule has 0 bridgehead atoms. The number of carbonyl (C=O) groups excluding carboxylic acids is 3. The number of hydrogen-bond donors (Lipinski definition) is 1. The van der Waals surface area contributed by atoms with Gasteiger partial charge in [0.25, 0.3) is 0 Å². The maximum Gasteiger partial charge on any atom is 0.249 e. The maximum atomic E-state index is 15.0. The molecular formula is C39H41N3O6. The molecule has 3 aromatic rings. The minimum Gasteiger partial charge on any atom is -0.494 e. The molecule has 1 N–H and O–H groups in total. The molecule has 1 spiro atoms. The molecule has 48 heavy (non-hydrogen) atoms. The Balaban J connectivity index is 1.31. The summed E-state index contributed by atoms with van der Waals surface area (Å²) in [4.78, 5) is 49.5. The van der Waals surface area contributed by atoms with Crippen LogP contribution in [0.5, 0.6) is 5.75 Å². The van der Waals surface area contributed by atoms with E-state index in [0.29, 0.717) is 44.1 Å². The number of rotatable bonds is 9. The van der Waals surface area contributed by atoms with Crippen molar-refractivity contribution in [3.63, 3.8) is 0 Å². The first-order valence-electron chi connectivity index (χ1n) is 16.7. The molecule has 2 fully saturated rings. The Morgan fingerprint density at radius 3 is 2.17 bits per heavy atom. The molecular weight excluding hydrogens is 606 g/mol. The normalized spacial score (nSPS) is 28.5. The summed E-state index contributed by atoms with van der Waals surface area (Å²) in [5, 5.41) is 10.8. The summed E-state index contributed by atoms with van der Waals surface area (Å²) in [7, 11) is 0. The van der Waals surface area contributed by atoms with Gasteiger partial charge in [-0.15, -0.1) is 0 Å². The Hall–Kier alpha value is -4.73. The summed E-state index contributed by atoms with van der Waals surface area (Å²) in [5.41, 5.74) is -0.0237. The van der Waals surface area contributed by atoms with E-state index in [2.05, 4.69) is 0 Å². The van der Waals surface area contributed by atoms with Gasteiger partial charge in [0, 0.05) is 25.3 Å². The van der Waals surface area contributed by atoms with E-state index < -0.39 is 35.1 Å². The number of likely N-dealkylation sites (tertiary alicyclic amines) is 1. The zero-order valence-electron chi connectivity index (χ0n) is 27.3. The first-order chi connectivity index (χ1) is 23.3. The second-order valence-corrected chi connectivity index (χ2v) is 13.2. The van der Waals surface area contributed by atoms with E-state index in [1.165, 1.54) is 4.90 Å². The lowest BCUT2D eigenvalue weighted by atomic mass is 9.74. The van der Waals surface area contributed by atoms with Crippen LogP contribution in [0.2, 0.25) is 0 Å². The monoisotopic (exact) mass is 647 g/mol. The molecule has 6 atom stereocenters. The number of aliphatic hydroxyl groups excluding tert-OH is 1. The van der Waals surface area contributed by atoms with Gasteiger partial charge in [0.15, 0.2) is 0 Å². The van der Waals surface area contributed by atoms with Crippen LogP contribution >= 0.6 is 0 Å². The van der Waals surface area contributed by atoms with E-state index in [1.54, 1.807) is 9.80 Å². The fraction of sp³-hybridized carbons (Fsp3) is 0.359. The number of hydrogen-bond acceptors (Lipinski definition) is 6. The highest BCUT2D eigenvalue weighted by Gasteiger charge is 2.75. The molecule has 4 heterocycles. The molecule has 3 aromatic carbocycles. The minimum absolute atomic E-state index is 0.252. The summed E-state index contributed by atoms with van der Waals surface area (Å²) in [6, 6.07) is 24.9. The molecule has 4 aliphatic rings. The summed E-state index contributed by atoms with van der Waals surface area (Å²) in [6.07, 6.45) is 7.86. The zero-order valence-corrected chi connectivity index (χ0v) is 27.3. The Morgan fingerprint density at radius 1 is 0.833 bits per heavy atom. The van der Waals surface area contributed by atoms with E-state index in [0.717, 1.165) is 11.1 Å². The lowest BCUT2D eigenvalue weighted by Crippen LogP contribution is -2.59. The highest BCUT2D eigenvalue weighted by molar-refractivity contribution is 6.04. The average Bonchev–Trinajstić information content (AvgIpc) is 3.38. The van der Waals surface area contributed by atoms with Crippen molar-refractivity contribution in [1.29, 1.82) is 0 Å². The Morgan fingerprint density at radius 2 is 1.50 bits per heavy atom. The zero-order chi connectivity index (χ0) is 33.5. The third kappa shape index (κ3) is 5.31. The van der Waals surface area contributed by atoms with Crippen molar-refractivity contribution in [3.05, 3.63) is 120 Å². The largest absolute Gasteiger partial charge is 0.494 e. The van der Waals surface area contributed by atoms with Crippen LogP contribution in [0.4, 0.5) is 5.69 Å². The van der Waals surface area contributed by atoms with Crippen molar-refractivity contribution in [2.45, 2.75) is 50.1 Å². The van der Waals surface area contributed by atoms with Gasteiger partial charge in [-0.05, 0) is 55.7 Å². The van der Waals surface area contributed by atoms with Crippen LogP contribution < -0.4 is 9.64 Å². The molecule has 0 aliphatic carbocycles. The fourth-order valence-electron chi connectivity index (χ4n) is 8.10. The number of amides is 3. The molecule has 7 rings (SSSR count). The third-order valence-electron chi connectivity index (χ3n) is 10.2. The number of ether oxygens (including phenoxy) is 2. The van der Waals surface area contributed by atoms with Crippen molar-refractivity contribution in [2.24, 2.45) is 11.8 Å². The fourth-order valence-corrected chi connectivity index (χ4v) is 8.10. The van der Waals surface area contributed by atoms with Gasteiger partial charge in [0.05, 0.1) is 36.7 Å². The van der Waals surface area contributed by atoms with Gasteiger partial charge in [0.1, 0.15) is 17.4 Å². The topological polar surface area (TPSA) is 99.6 Å². The van der Waals surface area contributed by atoms with E-state index in [4.69, 9.17) is 9.47 Å². The number of benzene rings is 3. The van der Waals surface area contributed by atoms with Crippen LogP contribution in [0, 0.1) is 11.8 Å². The first-order valence-corrected chi connectivity index (χ1v) is 16.7. The molecule has 3 amide bonds. The predicted molar refractivity (Wildman–Crippen MR) is 181 cm³/mol. The van der Waals surface area contributed by atoms with Crippen LogP contribution in [0.25, 0.3) is 0 Å². The number of fused-ring (bicyclic) bond motifs is 2. The van der Waals surface area contributed by atoms with Crippen molar-refractivity contribution < 1.29 is 29.0 Å². The van der Waals surface area contributed by atoms with E-state index >= 15 is 0 Å². The minimum atomic E-state index is -1.43. The lowest BCUT2D eigenvalue weighted by molar-refractivity contribution is -0.154. The van der Waals surface area contributed by atoms with Gasteiger partial charge in [-0.1, -0.05) is 85.0 Å². The van der Waals surface area contributed by atoms with E-state index in [-0.39, 0.29) is 24.3 Å². The second kappa shape index (κ2) is 12.7. The van der Waals surface area contributed by atoms with Crippen molar-refractivity contribution in [3.8, 4) is 5.75 Å². The van der Waals surface area contributed by atoms with Gasteiger partial charge in [-0.25, -0.2) is 0 Å². The molecule has 2 saturated heterocycles. The van der Waals surface area contributed by atoms with E-state index in [1.807, 2.05) is 123 Å². The Bertz CT molecular complexity index is 1730. The van der Waals surface area contributed by atoms with Gasteiger partial charge in [-0.3, -0.25) is 14.4 Å². The molecule has 248 valence electrons. The van der Waals surface area contributed by atoms with Crippen molar-refractivity contribution in [1.82, 2.24) is 9.80 Å². The molecule has 0 radical (unpaired) electrons. The maximum absolute atomic E-state index is 15.0. The second-order valence-electron chi connectivity index (χ2n) is 13.2. The average molecular weight is 648 g/mol. The molecule has 9 heteroatoms. The highest BCUT2D eigenvalue weighted by atomic mass is 16.5. The number of anilines is 1. The lowest BCUT2D eigenvalue weighted by Gasteiger charge is -2.40.